The van der Waals surface area contributed by atoms with Crippen molar-refractivity contribution in [2.45, 2.75) is 33.2 Å². The van der Waals surface area contributed by atoms with Crippen molar-refractivity contribution < 1.29 is 4.79 Å². The van der Waals surface area contributed by atoms with E-state index in [2.05, 4.69) is 67.3 Å². The number of rotatable bonds is 5. The summed E-state index contributed by atoms with van der Waals surface area (Å²) in [5.74, 6) is 0.0912. The quantitative estimate of drug-likeness (QED) is 0.673. The Kier molecular flexibility index (Phi) is 6.42. The number of carbonyl (C=O) groups is 1. The number of para-hydroxylation sites is 1. The van der Waals surface area contributed by atoms with Crippen LogP contribution < -0.4 is 5.32 Å². The Hall–Kier alpha value is -2.99. The zero-order valence-electron chi connectivity index (χ0n) is 14.8. The molecule has 0 aliphatic rings. The molecule has 0 fully saturated rings. The third-order valence-electron chi connectivity index (χ3n) is 4.36. The Morgan fingerprint density at radius 1 is 1.08 bits per heavy atom. The molecule has 3 nitrogen and oxygen atoms in total. The van der Waals surface area contributed by atoms with E-state index in [9.17, 15) is 4.79 Å². The summed E-state index contributed by atoms with van der Waals surface area (Å²) in [6, 6.07) is 14.5. The molecule has 0 unspecified atom stereocenters. The summed E-state index contributed by atoms with van der Waals surface area (Å²) >= 11 is 0. The molecular formula is C22H24N2O. The summed E-state index contributed by atoms with van der Waals surface area (Å²) in [5.41, 5.74) is 6.00. The molecule has 0 radical (unpaired) electrons. The number of fused-ring (bicyclic) bond motifs is 1. The van der Waals surface area contributed by atoms with Gasteiger partial charge in [-0.15, -0.1) is 12.8 Å². The zero-order chi connectivity index (χ0) is 18.2. The maximum Gasteiger partial charge on any atom is 0.220 e. The molecule has 1 heterocycles. The largest absolute Gasteiger partial charge is 0.361 e. The van der Waals surface area contributed by atoms with Crippen molar-refractivity contribution in [1.29, 1.82) is 0 Å². The van der Waals surface area contributed by atoms with Crippen LogP contribution in [-0.2, 0) is 17.8 Å². The number of amides is 1. The molecule has 0 aliphatic heterocycles. The molecule has 1 aromatic heterocycles. The number of aromatic nitrogens is 1. The maximum atomic E-state index is 12.1. The van der Waals surface area contributed by atoms with Gasteiger partial charge in [-0.05, 0) is 48.6 Å². The van der Waals surface area contributed by atoms with Gasteiger partial charge in [0.05, 0.1) is 0 Å². The molecule has 0 saturated heterocycles. The average Bonchev–Trinajstić information content (AvgIpc) is 3.06. The van der Waals surface area contributed by atoms with Gasteiger partial charge in [0.2, 0.25) is 5.91 Å². The highest BCUT2D eigenvalue weighted by Crippen LogP contribution is 2.19. The third-order valence-corrected chi connectivity index (χ3v) is 4.36. The van der Waals surface area contributed by atoms with Crippen molar-refractivity contribution in [3.63, 3.8) is 0 Å². The van der Waals surface area contributed by atoms with Crippen molar-refractivity contribution in [2.75, 3.05) is 0 Å². The number of aryl methyl sites for hydroxylation is 3. The second kappa shape index (κ2) is 8.75. The SMILES string of the molecule is C#C.Cc1ccc(CNC(=O)CCc2c[nH]c3ccccc23)cc1C. The number of hydrogen-bond acceptors (Lipinski definition) is 1. The zero-order valence-corrected chi connectivity index (χ0v) is 14.8. The molecule has 2 N–H and O–H groups in total. The second-order valence-corrected chi connectivity index (χ2v) is 6.05. The summed E-state index contributed by atoms with van der Waals surface area (Å²) in [6.07, 6.45) is 11.3. The van der Waals surface area contributed by atoms with Gasteiger partial charge in [-0.2, -0.15) is 0 Å². The lowest BCUT2D eigenvalue weighted by Gasteiger charge is -2.07. The molecule has 3 aromatic rings. The minimum Gasteiger partial charge on any atom is -0.361 e. The number of benzene rings is 2. The monoisotopic (exact) mass is 332 g/mol. The molecule has 0 saturated carbocycles. The maximum absolute atomic E-state index is 12.1. The minimum atomic E-state index is 0.0912. The lowest BCUT2D eigenvalue weighted by molar-refractivity contribution is -0.121. The number of aromatic amines is 1. The highest BCUT2D eigenvalue weighted by molar-refractivity contribution is 5.84. The topological polar surface area (TPSA) is 44.9 Å². The van der Waals surface area contributed by atoms with Crippen LogP contribution in [-0.4, -0.2) is 10.9 Å². The van der Waals surface area contributed by atoms with Crippen molar-refractivity contribution in [2.24, 2.45) is 0 Å². The molecule has 3 heteroatoms. The van der Waals surface area contributed by atoms with E-state index in [4.69, 9.17) is 0 Å². The Balaban J connectivity index is 0.00000109. The Morgan fingerprint density at radius 3 is 2.60 bits per heavy atom. The van der Waals surface area contributed by atoms with Gasteiger partial charge in [-0.25, -0.2) is 0 Å². The van der Waals surface area contributed by atoms with Crippen molar-refractivity contribution in [3.8, 4) is 12.8 Å². The van der Waals surface area contributed by atoms with Crippen LogP contribution in [0.4, 0.5) is 0 Å². The number of terminal acetylenes is 1. The van der Waals surface area contributed by atoms with E-state index in [0.717, 1.165) is 17.5 Å². The van der Waals surface area contributed by atoms with Crippen LogP contribution in [0.3, 0.4) is 0 Å². The van der Waals surface area contributed by atoms with Crippen LogP contribution in [0.2, 0.25) is 0 Å². The van der Waals surface area contributed by atoms with E-state index in [1.54, 1.807) is 0 Å². The van der Waals surface area contributed by atoms with E-state index < -0.39 is 0 Å². The van der Waals surface area contributed by atoms with Gasteiger partial charge in [0, 0.05) is 30.1 Å². The highest BCUT2D eigenvalue weighted by atomic mass is 16.1. The normalized spacial score (nSPS) is 10.1. The first-order valence-corrected chi connectivity index (χ1v) is 8.34. The van der Waals surface area contributed by atoms with Gasteiger partial charge in [0.15, 0.2) is 0 Å². The lowest BCUT2D eigenvalue weighted by Crippen LogP contribution is -2.23. The number of hydrogen-bond donors (Lipinski definition) is 2. The first-order chi connectivity index (χ1) is 12.1. The molecule has 2 aromatic carbocycles. The first kappa shape index (κ1) is 18.4. The van der Waals surface area contributed by atoms with Gasteiger partial charge in [-0.3, -0.25) is 4.79 Å². The standard InChI is InChI=1S/C20H22N2O.C2H2/c1-14-7-8-16(11-15(14)2)12-22-20(23)10-9-17-13-21-19-6-4-3-5-18(17)19;1-2/h3-8,11,13,21H,9-10,12H2,1-2H3,(H,22,23);1-2H. The predicted octanol–water partition coefficient (Wildman–Crippen LogP) is 4.28. The van der Waals surface area contributed by atoms with Crippen molar-refractivity contribution in [3.05, 3.63) is 70.9 Å². The molecule has 0 spiro atoms. The fraction of sp³-hybridized carbons (Fsp3) is 0.227. The van der Waals surface area contributed by atoms with Crippen LogP contribution in [0.5, 0.6) is 0 Å². The van der Waals surface area contributed by atoms with Gasteiger partial charge < -0.3 is 10.3 Å². The first-order valence-electron chi connectivity index (χ1n) is 8.34. The van der Waals surface area contributed by atoms with E-state index in [1.807, 2.05) is 18.3 Å². The summed E-state index contributed by atoms with van der Waals surface area (Å²) in [7, 11) is 0. The molecule has 3 rings (SSSR count). The van der Waals surface area contributed by atoms with Crippen LogP contribution in [0.25, 0.3) is 10.9 Å². The van der Waals surface area contributed by atoms with Gasteiger partial charge in [0.25, 0.3) is 0 Å². The molecule has 0 atom stereocenters. The third kappa shape index (κ3) is 4.74. The van der Waals surface area contributed by atoms with Crippen LogP contribution >= 0.6 is 0 Å². The second-order valence-electron chi connectivity index (χ2n) is 6.05. The smallest absolute Gasteiger partial charge is 0.220 e. The number of nitrogens with one attached hydrogen (secondary N) is 2. The molecule has 0 bridgehead atoms. The van der Waals surface area contributed by atoms with E-state index in [0.29, 0.717) is 13.0 Å². The molecule has 0 aliphatic carbocycles. The van der Waals surface area contributed by atoms with Crippen LogP contribution in [0, 0.1) is 26.7 Å². The Morgan fingerprint density at radius 2 is 1.84 bits per heavy atom. The fourth-order valence-corrected chi connectivity index (χ4v) is 2.79. The minimum absolute atomic E-state index is 0.0912. The summed E-state index contributed by atoms with van der Waals surface area (Å²) in [5, 5.41) is 4.21. The van der Waals surface area contributed by atoms with Crippen molar-refractivity contribution in [1.82, 2.24) is 10.3 Å². The number of H-pyrrole nitrogens is 1. The summed E-state index contributed by atoms with van der Waals surface area (Å²) in [6.45, 7) is 4.78. The van der Waals surface area contributed by atoms with Gasteiger partial charge in [0.1, 0.15) is 0 Å². The Labute approximate surface area is 149 Å². The van der Waals surface area contributed by atoms with Crippen LogP contribution in [0.1, 0.15) is 28.7 Å². The van der Waals surface area contributed by atoms with E-state index >= 15 is 0 Å². The number of carbonyl (C=O) groups excluding carboxylic acids is 1. The predicted molar refractivity (Wildman–Crippen MR) is 104 cm³/mol. The van der Waals surface area contributed by atoms with E-state index in [1.165, 1.54) is 22.1 Å². The van der Waals surface area contributed by atoms with Gasteiger partial charge in [-0.1, -0.05) is 36.4 Å². The molecule has 25 heavy (non-hydrogen) atoms. The lowest BCUT2D eigenvalue weighted by atomic mass is 10.1. The van der Waals surface area contributed by atoms with Crippen LogP contribution in [0.15, 0.2) is 48.7 Å². The Bertz CT molecular complexity index is 874. The molecule has 128 valence electrons. The van der Waals surface area contributed by atoms with E-state index in [-0.39, 0.29) is 5.91 Å². The molecular weight excluding hydrogens is 308 g/mol. The fourth-order valence-electron chi connectivity index (χ4n) is 2.79. The molecule has 1 amide bonds. The van der Waals surface area contributed by atoms with Gasteiger partial charge >= 0.3 is 0 Å². The van der Waals surface area contributed by atoms with Crippen molar-refractivity contribution >= 4 is 16.8 Å². The summed E-state index contributed by atoms with van der Waals surface area (Å²) < 4.78 is 0. The summed E-state index contributed by atoms with van der Waals surface area (Å²) in [4.78, 5) is 15.3. The average molecular weight is 332 g/mol. The highest BCUT2D eigenvalue weighted by Gasteiger charge is 2.07.